The van der Waals surface area contributed by atoms with Gasteiger partial charge in [-0.3, -0.25) is 0 Å². The maximum atomic E-state index is 13.2. The van der Waals surface area contributed by atoms with Gasteiger partial charge in [-0.25, -0.2) is 4.39 Å². The van der Waals surface area contributed by atoms with E-state index in [1.165, 1.54) is 17.7 Å². The molecule has 2 atom stereocenters. The number of methoxy groups -OCH3 is 1. The molecule has 2 aromatic rings. The molecule has 1 unspecified atom stereocenters. The highest BCUT2D eigenvalue weighted by Crippen LogP contribution is 2.28. The lowest BCUT2D eigenvalue weighted by Gasteiger charge is -2.38. The first kappa shape index (κ1) is 20.5. The second-order valence-electron chi connectivity index (χ2n) is 6.65. The Hall–Kier alpha value is -1.78. The van der Waals surface area contributed by atoms with Gasteiger partial charge in [0.1, 0.15) is 11.6 Å². The maximum Gasteiger partial charge on any atom is 0.123 e. The Morgan fingerprint density at radius 1 is 1.23 bits per heavy atom. The molecule has 2 aromatic carbocycles. The average molecular weight is 380 g/mol. The summed E-state index contributed by atoms with van der Waals surface area (Å²) in [5, 5.41) is 0. The molecule has 1 aliphatic rings. The highest BCUT2D eigenvalue weighted by atomic mass is 35.5. The minimum atomic E-state index is -0.194. The van der Waals surface area contributed by atoms with Crippen LogP contribution in [0.2, 0.25) is 0 Å². The first-order valence-corrected chi connectivity index (χ1v) is 8.91. The lowest BCUT2D eigenvalue weighted by Crippen LogP contribution is -2.45. The number of hydrogen-bond donors (Lipinski definition) is 0. The van der Waals surface area contributed by atoms with Crippen molar-refractivity contribution in [2.45, 2.75) is 31.7 Å². The number of nitrogens with zero attached hydrogens (tertiary/aromatic N) is 1. The molecular formula is C21H27ClFNO2. The smallest absolute Gasteiger partial charge is 0.123 e. The van der Waals surface area contributed by atoms with Crippen LogP contribution < -0.4 is 9.64 Å². The third-order valence-electron chi connectivity index (χ3n) is 4.98. The molecule has 142 valence electrons. The molecule has 3 nitrogen and oxygen atoms in total. The van der Waals surface area contributed by atoms with Gasteiger partial charge in [-0.15, -0.1) is 12.4 Å². The van der Waals surface area contributed by atoms with Crippen molar-refractivity contribution < 1.29 is 13.9 Å². The Morgan fingerprint density at radius 2 is 2.00 bits per heavy atom. The fraction of sp³-hybridized carbons (Fsp3) is 0.429. The van der Waals surface area contributed by atoms with Crippen LogP contribution in [-0.4, -0.2) is 32.9 Å². The first-order valence-electron chi connectivity index (χ1n) is 8.91. The number of ether oxygens (including phenoxy) is 2. The standard InChI is InChI=1S/C21H26FNO2.ClH/c1-16(17-4-3-5-21(14-17)24-2)6-9-20-15-25-13-12-23(20)19-10-7-18(22)8-11-19;/h3-5,7-8,10-11,14,16,20H,6,9,12-13,15H2,1-2H3;1H/t16-,20?;/m0./s1. The molecule has 1 saturated heterocycles. The van der Waals surface area contributed by atoms with Crippen LogP contribution in [0, 0.1) is 5.82 Å². The molecule has 3 rings (SSSR count). The topological polar surface area (TPSA) is 21.7 Å². The van der Waals surface area contributed by atoms with Crippen LogP contribution >= 0.6 is 12.4 Å². The number of anilines is 1. The summed E-state index contributed by atoms with van der Waals surface area (Å²) in [6.45, 7) is 4.55. The van der Waals surface area contributed by atoms with E-state index in [0.29, 0.717) is 12.0 Å². The van der Waals surface area contributed by atoms with Gasteiger partial charge in [0.2, 0.25) is 0 Å². The number of halogens is 2. The van der Waals surface area contributed by atoms with E-state index in [1.807, 2.05) is 24.3 Å². The van der Waals surface area contributed by atoms with Crippen LogP contribution in [-0.2, 0) is 4.74 Å². The zero-order chi connectivity index (χ0) is 17.6. The summed E-state index contributed by atoms with van der Waals surface area (Å²) in [4.78, 5) is 2.35. The predicted octanol–water partition coefficient (Wildman–Crippen LogP) is 5.05. The second-order valence-corrected chi connectivity index (χ2v) is 6.65. The minimum Gasteiger partial charge on any atom is -0.497 e. The molecule has 0 radical (unpaired) electrons. The van der Waals surface area contributed by atoms with Crippen molar-refractivity contribution in [3.63, 3.8) is 0 Å². The monoisotopic (exact) mass is 379 g/mol. The number of hydrogen-bond acceptors (Lipinski definition) is 3. The fourth-order valence-corrected chi connectivity index (χ4v) is 3.42. The first-order chi connectivity index (χ1) is 12.2. The number of morpholine rings is 1. The zero-order valence-corrected chi connectivity index (χ0v) is 16.2. The molecule has 0 amide bonds. The Kier molecular flexibility index (Phi) is 7.73. The summed E-state index contributed by atoms with van der Waals surface area (Å²) < 4.78 is 24.2. The van der Waals surface area contributed by atoms with E-state index < -0.39 is 0 Å². The molecule has 0 bridgehead atoms. The fourth-order valence-electron chi connectivity index (χ4n) is 3.42. The van der Waals surface area contributed by atoms with E-state index in [4.69, 9.17) is 9.47 Å². The Balaban J connectivity index is 0.00000243. The SMILES string of the molecule is COc1cccc([C@@H](C)CCC2COCCN2c2ccc(F)cc2)c1.Cl. The van der Waals surface area contributed by atoms with Gasteiger partial charge in [-0.05, 0) is 60.7 Å². The quantitative estimate of drug-likeness (QED) is 0.701. The normalized spacial score (nSPS) is 18.1. The second kappa shape index (κ2) is 9.79. The van der Waals surface area contributed by atoms with E-state index in [9.17, 15) is 4.39 Å². The molecule has 1 fully saturated rings. The van der Waals surface area contributed by atoms with Gasteiger partial charge in [0.15, 0.2) is 0 Å². The van der Waals surface area contributed by atoms with Crippen LogP contribution in [0.15, 0.2) is 48.5 Å². The van der Waals surface area contributed by atoms with Crippen molar-refractivity contribution in [1.82, 2.24) is 0 Å². The lowest BCUT2D eigenvalue weighted by molar-refractivity contribution is 0.0904. The van der Waals surface area contributed by atoms with Gasteiger partial charge in [-0.2, -0.15) is 0 Å². The molecule has 0 N–H and O–H groups in total. The maximum absolute atomic E-state index is 13.2. The van der Waals surface area contributed by atoms with E-state index in [2.05, 4.69) is 24.0 Å². The summed E-state index contributed by atoms with van der Waals surface area (Å²) in [7, 11) is 1.70. The predicted molar refractivity (Wildman–Crippen MR) is 106 cm³/mol. The van der Waals surface area contributed by atoms with Crippen molar-refractivity contribution in [1.29, 1.82) is 0 Å². The van der Waals surface area contributed by atoms with Gasteiger partial charge < -0.3 is 14.4 Å². The summed E-state index contributed by atoms with van der Waals surface area (Å²) in [6.07, 6.45) is 2.11. The molecule has 26 heavy (non-hydrogen) atoms. The van der Waals surface area contributed by atoms with E-state index in [0.717, 1.165) is 44.0 Å². The highest BCUT2D eigenvalue weighted by Gasteiger charge is 2.24. The highest BCUT2D eigenvalue weighted by molar-refractivity contribution is 5.85. The zero-order valence-electron chi connectivity index (χ0n) is 15.4. The van der Waals surface area contributed by atoms with Gasteiger partial charge in [0, 0.05) is 12.2 Å². The molecule has 0 aliphatic carbocycles. The summed E-state index contributed by atoms with van der Waals surface area (Å²) in [5.74, 6) is 1.16. The van der Waals surface area contributed by atoms with Crippen molar-refractivity contribution >= 4 is 18.1 Å². The van der Waals surface area contributed by atoms with Crippen molar-refractivity contribution in [3.05, 3.63) is 59.9 Å². The van der Waals surface area contributed by atoms with E-state index in [-0.39, 0.29) is 18.2 Å². The summed E-state index contributed by atoms with van der Waals surface area (Å²) in [6, 6.07) is 15.4. The Morgan fingerprint density at radius 3 is 2.73 bits per heavy atom. The van der Waals surface area contributed by atoms with Crippen molar-refractivity contribution in [2.24, 2.45) is 0 Å². The lowest BCUT2D eigenvalue weighted by atomic mass is 9.93. The van der Waals surface area contributed by atoms with Crippen LogP contribution in [0.5, 0.6) is 5.75 Å². The summed E-state index contributed by atoms with van der Waals surface area (Å²) >= 11 is 0. The molecule has 0 aromatic heterocycles. The van der Waals surface area contributed by atoms with Crippen molar-refractivity contribution in [3.8, 4) is 5.75 Å². The van der Waals surface area contributed by atoms with Gasteiger partial charge in [-0.1, -0.05) is 19.1 Å². The van der Waals surface area contributed by atoms with E-state index >= 15 is 0 Å². The van der Waals surface area contributed by atoms with Gasteiger partial charge >= 0.3 is 0 Å². The van der Waals surface area contributed by atoms with Crippen LogP contribution in [0.1, 0.15) is 31.2 Å². The van der Waals surface area contributed by atoms with E-state index in [1.54, 1.807) is 7.11 Å². The summed E-state index contributed by atoms with van der Waals surface area (Å²) in [5.41, 5.74) is 2.37. The Labute approximate surface area is 161 Å². The van der Waals surface area contributed by atoms with Crippen LogP contribution in [0.25, 0.3) is 0 Å². The third kappa shape index (κ3) is 5.12. The van der Waals surface area contributed by atoms with Gasteiger partial charge in [0.25, 0.3) is 0 Å². The molecule has 1 heterocycles. The molecule has 0 spiro atoms. The molecule has 5 heteroatoms. The van der Waals surface area contributed by atoms with Crippen molar-refractivity contribution in [2.75, 3.05) is 31.8 Å². The third-order valence-corrected chi connectivity index (χ3v) is 4.98. The molecule has 1 aliphatic heterocycles. The van der Waals surface area contributed by atoms with Gasteiger partial charge in [0.05, 0.1) is 26.4 Å². The van der Waals surface area contributed by atoms with Crippen LogP contribution in [0.4, 0.5) is 10.1 Å². The Bertz CT molecular complexity index is 680. The van der Waals surface area contributed by atoms with Crippen LogP contribution in [0.3, 0.4) is 0 Å². The molecule has 0 saturated carbocycles. The molecular weight excluding hydrogens is 353 g/mol. The number of benzene rings is 2. The largest absolute Gasteiger partial charge is 0.497 e. The number of rotatable bonds is 6. The minimum absolute atomic E-state index is 0. The average Bonchev–Trinajstić information content (AvgIpc) is 2.67.